The van der Waals surface area contributed by atoms with Gasteiger partial charge in [0.1, 0.15) is 5.75 Å². The van der Waals surface area contributed by atoms with Gasteiger partial charge in [0.25, 0.3) is 0 Å². The smallest absolute Gasteiger partial charge is 0.430 e. The first-order valence-electron chi connectivity index (χ1n) is 6.33. The van der Waals surface area contributed by atoms with Crippen molar-refractivity contribution in [1.82, 2.24) is 0 Å². The number of benzene rings is 1. The van der Waals surface area contributed by atoms with Gasteiger partial charge in [0.2, 0.25) is 6.10 Å². The molecule has 1 atom stereocenters. The van der Waals surface area contributed by atoms with E-state index in [1.54, 1.807) is 0 Å². The van der Waals surface area contributed by atoms with Crippen molar-refractivity contribution in [2.75, 3.05) is 0 Å². The minimum Gasteiger partial charge on any atom is -0.478 e. The summed E-state index contributed by atoms with van der Waals surface area (Å²) in [7, 11) is 0. The summed E-state index contributed by atoms with van der Waals surface area (Å²) in [5, 5.41) is 8.84. The van der Waals surface area contributed by atoms with Gasteiger partial charge in [-0.3, -0.25) is 0 Å². The van der Waals surface area contributed by atoms with E-state index in [-0.39, 0.29) is 16.9 Å². The lowest BCUT2D eigenvalue weighted by Crippen LogP contribution is -2.40. The van der Waals surface area contributed by atoms with Crippen molar-refractivity contribution in [3.63, 3.8) is 0 Å². The van der Waals surface area contributed by atoms with Gasteiger partial charge in [0.05, 0.1) is 5.57 Å². The van der Waals surface area contributed by atoms with Crippen molar-refractivity contribution >= 4 is 12.0 Å². The Kier molecular flexibility index (Phi) is 2.03. The molecule has 3 nitrogen and oxygen atoms in total. The second-order valence-corrected chi connectivity index (χ2v) is 3.70. The van der Waals surface area contributed by atoms with Crippen LogP contribution in [0.25, 0.3) is 6.08 Å². The molecule has 18 heavy (non-hydrogen) atoms. The number of hydrogen-bond donors (Lipinski definition) is 1. The van der Waals surface area contributed by atoms with Gasteiger partial charge in [-0.15, -0.1) is 0 Å². The molecule has 0 radical (unpaired) electrons. The third kappa shape index (κ3) is 2.18. The Morgan fingerprint density at radius 1 is 1.50 bits per heavy atom. The average molecular weight is 261 g/mol. The lowest BCUT2D eigenvalue weighted by molar-refractivity contribution is -0.187. The Morgan fingerprint density at radius 2 is 2.22 bits per heavy atom. The van der Waals surface area contributed by atoms with Crippen LogP contribution in [0.1, 0.15) is 15.2 Å². The number of rotatable bonds is 1. The highest BCUT2D eigenvalue weighted by molar-refractivity contribution is 5.95. The molecular weight excluding hydrogens is 249 g/mol. The highest BCUT2D eigenvalue weighted by Gasteiger charge is 2.48. The molecule has 1 aromatic carbocycles. The molecule has 0 amide bonds. The largest absolute Gasteiger partial charge is 0.478 e. The minimum atomic E-state index is -4.92. The molecule has 1 unspecified atom stereocenters. The lowest BCUT2D eigenvalue weighted by atomic mass is 10.0. The van der Waals surface area contributed by atoms with E-state index in [2.05, 4.69) is 4.74 Å². The minimum absolute atomic E-state index is 0.0842. The second kappa shape index (κ2) is 4.04. The highest BCUT2D eigenvalue weighted by atomic mass is 19.4. The van der Waals surface area contributed by atoms with Gasteiger partial charge >= 0.3 is 12.1 Å². The maximum atomic E-state index is 12.8. The van der Waals surface area contributed by atoms with Crippen LogP contribution in [0.15, 0.2) is 23.8 Å². The van der Waals surface area contributed by atoms with Gasteiger partial charge in [-0.2, -0.15) is 13.2 Å². The predicted octanol–water partition coefficient (Wildman–Crippen LogP) is 2.79. The summed E-state index contributed by atoms with van der Waals surface area (Å²) >= 11 is 0. The SMILES string of the molecule is [2H]C([2H])([2H])c1ccc2c(c1)OC(C(F)(F)F)C(C(=O)O)=C2. The highest BCUT2D eigenvalue weighted by Crippen LogP contribution is 2.37. The molecule has 0 aliphatic carbocycles. The van der Waals surface area contributed by atoms with Crippen LogP contribution >= 0.6 is 0 Å². The molecule has 6 heteroatoms. The molecule has 0 saturated carbocycles. The number of aryl methyl sites for hydroxylation is 1. The zero-order valence-electron chi connectivity index (χ0n) is 11.8. The number of halogens is 3. The summed E-state index contributed by atoms with van der Waals surface area (Å²) < 4.78 is 64.9. The normalized spacial score (nSPS) is 21.8. The van der Waals surface area contributed by atoms with Gasteiger partial charge in [-0.05, 0) is 24.6 Å². The fourth-order valence-electron chi connectivity index (χ4n) is 1.61. The zero-order chi connectivity index (χ0) is 16.0. The van der Waals surface area contributed by atoms with Crippen LogP contribution in [0, 0.1) is 6.85 Å². The molecule has 1 N–H and O–H groups in total. The molecular formula is C12H9F3O3. The number of carboxylic acids is 1. The Hall–Kier alpha value is -1.98. The van der Waals surface area contributed by atoms with Crippen molar-refractivity contribution in [2.45, 2.75) is 19.1 Å². The summed E-state index contributed by atoms with van der Waals surface area (Å²) in [5.41, 5.74) is -1.05. The Morgan fingerprint density at radius 3 is 2.78 bits per heavy atom. The number of aliphatic carboxylic acids is 1. The number of carboxylic acid groups (broad SMARTS) is 1. The fraction of sp³-hybridized carbons (Fsp3) is 0.250. The summed E-state index contributed by atoms with van der Waals surface area (Å²) in [6.07, 6.45) is -6.71. The maximum Gasteiger partial charge on any atom is 0.430 e. The van der Waals surface area contributed by atoms with Crippen LogP contribution in [-0.2, 0) is 4.79 Å². The van der Waals surface area contributed by atoms with Crippen molar-refractivity contribution in [3.05, 3.63) is 34.9 Å². The number of hydrogen-bond acceptors (Lipinski definition) is 2. The molecule has 1 heterocycles. The van der Waals surface area contributed by atoms with Crippen molar-refractivity contribution in [3.8, 4) is 5.75 Å². The number of carbonyl (C=O) groups is 1. The van der Waals surface area contributed by atoms with Gasteiger partial charge in [-0.25, -0.2) is 4.79 Å². The van der Waals surface area contributed by atoms with Crippen molar-refractivity contribution < 1.29 is 31.9 Å². The van der Waals surface area contributed by atoms with E-state index in [1.165, 1.54) is 12.1 Å². The number of fused-ring (bicyclic) bond motifs is 1. The molecule has 0 fully saturated rings. The lowest BCUT2D eigenvalue weighted by Gasteiger charge is -2.27. The Bertz CT molecular complexity index is 620. The number of alkyl halides is 3. The van der Waals surface area contributed by atoms with E-state index in [9.17, 15) is 18.0 Å². The van der Waals surface area contributed by atoms with Crippen LogP contribution in [0.2, 0.25) is 0 Å². The van der Waals surface area contributed by atoms with Gasteiger partial charge < -0.3 is 9.84 Å². The van der Waals surface area contributed by atoms with E-state index in [1.807, 2.05) is 0 Å². The van der Waals surface area contributed by atoms with Crippen molar-refractivity contribution in [2.24, 2.45) is 0 Å². The Balaban J connectivity index is 2.53. The first-order valence-corrected chi connectivity index (χ1v) is 4.83. The van der Waals surface area contributed by atoms with Gasteiger partial charge in [-0.1, -0.05) is 12.1 Å². The van der Waals surface area contributed by atoms with Crippen LogP contribution < -0.4 is 4.74 Å². The molecule has 1 aromatic rings. The van der Waals surface area contributed by atoms with E-state index < -0.39 is 30.7 Å². The molecule has 0 bridgehead atoms. The van der Waals surface area contributed by atoms with Crippen molar-refractivity contribution in [1.29, 1.82) is 0 Å². The van der Waals surface area contributed by atoms with Crippen LogP contribution in [0.4, 0.5) is 13.2 Å². The summed E-state index contributed by atoms with van der Waals surface area (Å²) in [6.45, 7) is -2.50. The molecule has 0 aromatic heterocycles. The maximum absolute atomic E-state index is 12.8. The van der Waals surface area contributed by atoms with Crippen LogP contribution in [0.5, 0.6) is 5.75 Å². The standard InChI is InChI=1S/C12H9F3O3/c1-6-2-3-7-5-8(11(16)17)10(12(13,14)15)18-9(7)4-6/h2-5,10H,1H3,(H,16,17)/i1D3. The van der Waals surface area contributed by atoms with Gasteiger partial charge in [0, 0.05) is 9.68 Å². The quantitative estimate of drug-likeness (QED) is 0.845. The van der Waals surface area contributed by atoms with E-state index in [4.69, 9.17) is 9.22 Å². The Labute approximate surface area is 105 Å². The predicted molar refractivity (Wildman–Crippen MR) is 57.3 cm³/mol. The number of ether oxygens (including phenoxy) is 1. The molecule has 0 saturated heterocycles. The third-order valence-electron chi connectivity index (χ3n) is 2.40. The second-order valence-electron chi connectivity index (χ2n) is 3.70. The van der Waals surface area contributed by atoms with E-state index >= 15 is 0 Å². The first kappa shape index (κ1) is 9.02. The molecule has 1 aliphatic heterocycles. The van der Waals surface area contributed by atoms with E-state index in [0.29, 0.717) is 0 Å². The summed E-state index contributed by atoms with van der Waals surface area (Å²) in [4.78, 5) is 10.9. The zero-order valence-corrected chi connectivity index (χ0v) is 8.78. The third-order valence-corrected chi connectivity index (χ3v) is 2.40. The monoisotopic (exact) mass is 261 g/mol. The van der Waals surface area contributed by atoms with Gasteiger partial charge in [0.15, 0.2) is 0 Å². The molecule has 96 valence electrons. The molecule has 0 spiro atoms. The van der Waals surface area contributed by atoms with Crippen LogP contribution in [-0.4, -0.2) is 23.4 Å². The average Bonchev–Trinajstić information content (AvgIpc) is 2.34. The molecule has 1 aliphatic rings. The topological polar surface area (TPSA) is 46.5 Å². The summed E-state index contributed by atoms with van der Waals surface area (Å²) in [6, 6.07) is 3.38. The first-order chi connectivity index (χ1) is 9.50. The van der Waals surface area contributed by atoms with E-state index in [0.717, 1.165) is 12.1 Å². The summed E-state index contributed by atoms with van der Waals surface area (Å²) in [5.74, 6) is -2.06. The molecule has 2 rings (SSSR count). The van der Waals surface area contributed by atoms with Crippen LogP contribution in [0.3, 0.4) is 0 Å². The fourth-order valence-corrected chi connectivity index (χ4v) is 1.61.